The zero-order valence-corrected chi connectivity index (χ0v) is 15.6. The number of aryl methyl sites for hydroxylation is 1. The maximum Gasteiger partial charge on any atom is 0.292 e. The first kappa shape index (κ1) is 19.7. The van der Waals surface area contributed by atoms with Gasteiger partial charge in [0.1, 0.15) is 5.69 Å². The van der Waals surface area contributed by atoms with Gasteiger partial charge in [-0.25, -0.2) is 0 Å². The molecule has 24 heavy (non-hydrogen) atoms. The number of halogens is 1. The van der Waals surface area contributed by atoms with E-state index in [2.05, 4.69) is 15.6 Å². The molecule has 0 aromatic heterocycles. The fraction of sp³-hybridized carbons (Fsp3) is 0.188. The second-order valence-electron chi connectivity index (χ2n) is 4.96. The van der Waals surface area contributed by atoms with Crippen molar-refractivity contribution in [2.24, 2.45) is 10.7 Å². The van der Waals surface area contributed by atoms with Crippen molar-refractivity contribution in [1.82, 2.24) is 0 Å². The van der Waals surface area contributed by atoms with Gasteiger partial charge in [0, 0.05) is 18.3 Å². The normalized spacial score (nSPS) is 10.6. The van der Waals surface area contributed by atoms with Gasteiger partial charge in [-0.1, -0.05) is 29.8 Å². The topological polar surface area (TPSA) is 106 Å². The highest BCUT2D eigenvalue weighted by atomic mass is 127. The highest BCUT2D eigenvalue weighted by Gasteiger charge is 2.10. The molecule has 0 heterocycles. The lowest BCUT2D eigenvalue weighted by atomic mass is 10.2. The van der Waals surface area contributed by atoms with Crippen LogP contribution >= 0.6 is 24.0 Å². The molecule has 0 aliphatic rings. The maximum absolute atomic E-state index is 10.9. The number of nitro groups is 1. The molecule has 8 heteroatoms. The van der Waals surface area contributed by atoms with Gasteiger partial charge in [-0.3, -0.25) is 15.1 Å². The van der Waals surface area contributed by atoms with Gasteiger partial charge in [-0.15, -0.1) is 24.0 Å². The first-order valence-electron chi connectivity index (χ1n) is 7.17. The summed E-state index contributed by atoms with van der Waals surface area (Å²) in [6.07, 6.45) is 0. The van der Waals surface area contributed by atoms with Gasteiger partial charge in [-0.2, -0.15) is 0 Å². The van der Waals surface area contributed by atoms with E-state index < -0.39 is 4.92 Å². The Labute approximate surface area is 157 Å². The Morgan fingerprint density at radius 1 is 1.21 bits per heavy atom. The number of nitrogens with zero attached hydrogens (tertiary/aromatic N) is 2. The Hall–Kier alpha value is -2.36. The minimum atomic E-state index is -0.418. The Kier molecular flexibility index (Phi) is 7.96. The third-order valence-electron chi connectivity index (χ3n) is 3.13. The number of nitro benzene ring substituents is 1. The molecule has 0 bridgehead atoms. The van der Waals surface area contributed by atoms with Crippen LogP contribution in [-0.2, 0) is 0 Å². The van der Waals surface area contributed by atoms with Crippen molar-refractivity contribution in [2.75, 3.05) is 23.7 Å². The summed E-state index contributed by atoms with van der Waals surface area (Å²) in [5.74, 6) is 0.304. The summed E-state index contributed by atoms with van der Waals surface area (Å²) in [5.41, 5.74) is 8.35. The molecule has 0 aliphatic carbocycles. The average molecular weight is 441 g/mol. The molecule has 7 nitrogen and oxygen atoms in total. The molecule has 0 saturated heterocycles. The smallest absolute Gasteiger partial charge is 0.292 e. The van der Waals surface area contributed by atoms with E-state index in [1.807, 2.05) is 31.2 Å². The van der Waals surface area contributed by atoms with Gasteiger partial charge in [-0.05, 0) is 25.1 Å². The van der Waals surface area contributed by atoms with Crippen LogP contribution in [0.15, 0.2) is 53.5 Å². The van der Waals surface area contributed by atoms with Gasteiger partial charge in [0.05, 0.1) is 11.5 Å². The second kappa shape index (κ2) is 9.71. The van der Waals surface area contributed by atoms with E-state index in [1.165, 1.54) is 11.6 Å². The number of nitrogens with one attached hydrogen (secondary N) is 2. The molecule has 0 radical (unpaired) electrons. The van der Waals surface area contributed by atoms with Crippen molar-refractivity contribution in [3.05, 3.63) is 64.2 Å². The van der Waals surface area contributed by atoms with Crippen molar-refractivity contribution in [1.29, 1.82) is 0 Å². The molecule has 0 saturated carbocycles. The van der Waals surface area contributed by atoms with Crippen molar-refractivity contribution < 1.29 is 4.92 Å². The molecule has 0 unspecified atom stereocenters. The molecule has 0 fully saturated rings. The lowest BCUT2D eigenvalue weighted by molar-refractivity contribution is -0.384. The number of nitrogens with two attached hydrogens (primary N) is 1. The van der Waals surface area contributed by atoms with Crippen LogP contribution < -0.4 is 16.4 Å². The Morgan fingerprint density at radius 2 is 1.88 bits per heavy atom. The van der Waals surface area contributed by atoms with Crippen molar-refractivity contribution >= 4 is 47.0 Å². The summed E-state index contributed by atoms with van der Waals surface area (Å²) in [4.78, 5) is 14.7. The number of rotatable bonds is 6. The van der Waals surface area contributed by atoms with Gasteiger partial charge in [0.2, 0.25) is 0 Å². The maximum atomic E-state index is 10.9. The van der Waals surface area contributed by atoms with Crippen LogP contribution in [0.1, 0.15) is 5.56 Å². The van der Waals surface area contributed by atoms with Crippen LogP contribution in [-0.4, -0.2) is 24.0 Å². The minimum Gasteiger partial charge on any atom is -0.378 e. The minimum absolute atomic E-state index is 0. The van der Waals surface area contributed by atoms with E-state index in [-0.39, 0.29) is 29.7 Å². The van der Waals surface area contributed by atoms with Crippen LogP contribution in [0.4, 0.5) is 17.1 Å². The number of para-hydroxylation sites is 2. The summed E-state index contributed by atoms with van der Waals surface area (Å²) < 4.78 is 0. The molecule has 2 aromatic rings. The quantitative estimate of drug-likeness (QED) is 0.159. The number of aliphatic imine (C=N–C) groups is 1. The molecule has 4 N–H and O–H groups in total. The highest BCUT2D eigenvalue weighted by Crippen LogP contribution is 2.22. The number of anilines is 2. The SMILES string of the molecule is Cc1ccc(NC(N)=NCCNc2ccccc2[N+](=O)[O-])cc1.I. The number of guanidine groups is 1. The second-order valence-corrected chi connectivity index (χ2v) is 4.96. The van der Waals surface area contributed by atoms with E-state index in [4.69, 9.17) is 5.73 Å². The van der Waals surface area contributed by atoms with Crippen LogP contribution in [0, 0.1) is 17.0 Å². The van der Waals surface area contributed by atoms with Crippen molar-refractivity contribution in [3.63, 3.8) is 0 Å². The Balaban J connectivity index is 0.00000288. The van der Waals surface area contributed by atoms with E-state index in [1.54, 1.807) is 18.2 Å². The first-order chi connectivity index (χ1) is 11.1. The molecular formula is C16H20IN5O2. The summed E-state index contributed by atoms with van der Waals surface area (Å²) in [6, 6.07) is 14.3. The summed E-state index contributed by atoms with van der Waals surface area (Å²) in [7, 11) is 0. The van der Waals surface area contributed by atoms with E-state index in [9.17, 15) is 10.1 Å². The molecule has 2 aromatic carbocycles. The van der Waals surface area contributed by atoms with Gasteiger partial charge in [0.15, 0.2) is 5.96 Å². The predicted octanol–water partition coefficient (Wildman–Crippen LogP) is 3.36. The lowest BCUT2D eigenvalue weighted by Crippen LogP contribution is -2.23. The number of hydrogen-bond donors (Lipinski definition) is 3. The molecular weight excluding hydrogens is 421 g/mol. The van der Waals surface area contributed by atoms with Gasteiger partial charge in [0.25, 0.3) is 5.69 Å². The summed E-state index contributed by atoms with van der Waals surface area (Å²) >= 11 is 0. The molecule has 0 aliphatic heterocycles. The third kappa shape index (κ3) is 6.03. The molecule has 0 amide bonds. The van der Waals surface area contributed by atoms with Crippen LogP contribution in [0.25, 0.3) is 0 Å². The van der Waals surface area contributed by atoms with Gasteiger partial charge < -0.3 is 16.4 Å². The number of hydrogen-bond acceptors (Lipinski definition) is 4. The summed E-state index contributed by atoms with van der Waals surface area (Å²) in [6.45, 7) is 2.85. The fourth-order valence-corrected chi connectivity index (χ4v) is 1.97. The van der Waals surface area contributed by atoms with E-state index in [0.29, 0.717) is 24.7 Å². The summed E-state index contributed by atoms with van der Waals surface area (Å²) in [5, 5.41) is 16.9. The van der Waals surface area contributed by atoms with Crippen LogP contribution in [0.2, 0.25) is 0 Å². The predicted molar refractivity (Wildman–Crippen MR) is 108 cm³/mol. The fourth-order valence-electron chi connectivity index (χ4n) is 1.97. The Morgan fingerprint density at radius 3 is 2.54 bits per heavy atom. The van der Waals surface area contributed by atoms with Gasteiger partial charge >= 0.3 is 0 Å². The van der Waals surface area contributed by atoms with E-state index in [0.717, 1.165) is 5.69 Å². The first-order valence-corrected chi connectivity index (χ1v) is 7.17. The molecule has 128 valence electrons. The standard InChI is InChI=1S/C16H19N5O2.HI/c1-12-6-8-13(9-7-12)20-16(17)19-11-10-18-14-4-2-3-5-15(14)21(22)23;/h2-9,18H,10-11H2,1H3,(H3,17,19,20);1H. The Bertz CT molecular complexity index is 704. The zero-order chi connectivity index (χ0) is 16.7. The zero-order valence-electron chi connectivity index (χ0n) is 13.2. The third-order valence-corrected chi connectivity index (χ3v) is 3.13. The number of benzene rings is 2. The van der Waals surface area contributed by atoms with Crippen LogP contribution in [0.3, 0.4) is 0 Å². The molecule has 0 spiro atoms. The molecule has 0 atom stereocenters. The van der Waals surface area contributed by atoms with Crippen molar-refractivity contribution in [3.8, 4) is 0 Å². The highest BCUT2D eigenvalue weighted by molar-refractivity contribution is 14.0. The molecule has 2 rings (SSSR count). The van der Waals surface area contributed by atoms with E-state index >= 15 is 0 Å². The average Bonchev–Trinajstić information content (AvgIpc) is 2.54. The largest absolute Gasteiger partial charge is 0.378 e. The van der Waals surface area contributed by atoms with Crippen molar-refractivity contribution in [2.45, 2.75) is 6.92 Å². The monoisotopic (exact) mass is 441 g/mol. The lowest BCUT2D eigenvalue weighted by Gasteiger charge is -2.07. The van der Waals surface area contributed by atoms with Crippen LogP contribution in [0.5, 0.6) is 0 Å².